The largest absolute Gasteiger partial charge is 0.352 e. The van der Waals surface area contributed by atoms with Crippen molar-refractivity contribution in [3.8, 4) is 0 Å². The third-order valence-electron chi connectivity index (χ3n) is 4.51. The van der Waals surface area contributed by atoms with Gasteiger partial charge in [0.1, 0.15) is 12.1 Å². The predicted octanol–water partition coefficient (Wildman–Crippen LogP) is 3.67. The van der Waals surface area contributed by atoms with Crippen LogP contribution in [0.25, 0.3) is 10.9 Å². The van der Waals surface area contributed by atoms with Gasteiger partial charge < -0.3 is 9.80 Å². The van der Waals surface area contributed by atoms with E-state index in [2.05, 4.69) is 40.8 Å². The van der Waals surface area contributed by atoms with Crippen molar-refractivity contribution in [3.63, 3.8) is 0 Å². The minimum Gasteiger partial charge on any atom is -0.352 e. The molecule has 3 aromatic rings. The molecular formula is C21H24N4O. The van der Waals surface area contributed by atoms with Crippen LogP contribution in [0.3, 0.4) is 0 Å². The third kappa shape index (κ3) is 3.52. The molecule has 0 fully saturated rings. The first kappa shape index (κ1) is 17.9. The lowest BCUT2D eigenvalue weighted by Crippen LogP contribution is -2.24. The Morgan fingerprint density at radius 2 is 1.77 bits per heavy atom. The van der Waals surface area contributed by atoms with Gasteiger partial charge in [0.2, 0.25) is 0 Å². The number of aryl methyl sites for hydroxylation is 1. The molecule has 0 bridgehead atoms. The first-order chi connectivity index (χ1) is 12.5. The topological polar surface area (TPSA) is 49.3 Å². The molecule has 0 unspecified atom stereocenters. The van der Waals surface area contributed by atoms with Crippen LogP contribution in [0.2, 0.25) is 0 Å². The third-order valence-corrected chi connectivity index (χ3v) is 4.51. The number of carbonyl (C=O) groups is 1. The summed E-state index contributed by atoms with van der Waals surface area (Å²) in [6.07, 6.45) is 1.63. The van der Waals surface area contributed by atoms with Gasteiger partial charge in [-0.15, -0.1) is 0 Å². The first-order valence-electron chi connectivity index (χ1n) is 8.77. The molecule has 1 heterocycles. The molecule has 0 aliphatic carbocycles. The van der Waals surface area contributed by atoms with E-state index in [9.17, 15) is 4.79 Å². The van der Waals surface area contributed by atoms with Crippen molar-refractivity contribution in [1.82, 2.24) is 14.9 Å². The van der Waals surface area contributed by atoms with E-state index in [0.29, 0.717) is 5.56 Å². The molecule has 5 heteroatoms. The molecule has 0 spiro atoms. The number of rotatable bonds is 5. The maximum absolute atomic E-state index is 12.0. The molecule has 2 aromatic carbocycles. The number of aromatic nitrogens is 2. The molecule has 0 atom stereocenters. The van der Waals surface area contributed by atoms with Gasteiger partial charge in [0.05, 0.1) is 5.52 Å². The van der Waals surface area contributed by atoms with Crippen LogP contribution in [-0.2, 0) is 6.54 Å². The van der Waals surface area contributed by atoms with Gasteiger partial charge in [0.25, 0.3) is 5.91 Å². The van der Waals surface area contributed by atoms with E-state index >= 15 is 0 Å². The van der Waals surface area contributed by atoms with E-state index < -0.39 is 0 Å². The Bertz CT molecular complexity index is 919. The van der Waals surface area contributed by atoms with Crippen LogP contribution in [0.1, 0.15) is 28.4 Å². The van der Waals surface area contributed by atoms with Crippen molar-refractivity contribution in [1.29, 1.82) is 0 Å². The molecule has 26 heavy (non-hydrogen) atoms. The molecule has 0 saturated heterocycles. The van der Waals surface area contributed by atoms with E-state index in [0.717, 1.165) is 40.9 Å². The molecule has 0 N–H and O–H groups in total. The normalized spacial score (nSPS) is 10.8. The number of para-hydroxylation sites is 1. The minimum atomic E-state index is 0.0150. The zero-order valence-corrected chi connectivity index (χ0v) is 15.7. The average molecular weight is 348 g/mol. The zero-order valence-electron chi connectivity index (χ0n) is 15.7. The minimum absolute atomic E-state index is 0.0150. The number of fused-ring (bicyclic) bond motifs is 1. The molecule has 1 amide bonds. The molecule has 0 saturated carbocycles. The number of hydrogen-bond acceptors (Lipinski definition) is 4. The van der Waals surface area contributed by atoms with Crippen molar-refractivity contribution in [2.45, 2.75) is 20.4 Å². The highest BCUT2D eigenvalue weighted by molar-refractivity contribution is 5.94. The lowest BCUT2D eigenvalue weighted by molar-refractivity contribution is 0.0827. The first-order valence-corrected chi connectivity index (χ1v) is 8.77. The Kier molecular flexibility index (Phi) is 5.16. The van der Waals surface area contributed by atoms with Gasteiger partial charge >= 0.3 is 0 Å². The van der Waals surface area contributed by atoms with Gasteiger partial charge in [-0.3, -0.25) is 4.79 Å². The quantitative estimate of drug-likeness (QED) is 0.706. The molecule has 134 valence electrons. The number of nitrogens with zero attached hydrogens (tertiary/aromatic N) is 4. The maximum atomic E-state index is 12.0. The van der Waals surface area contributed by atoms with Gasteiger partial charge in [-0.25, -0.2) is 9.97 Å². The fourth-order valence-corrected chi connectivity index (χ4v) is 3.04. The van der Waals surface area contributed by atoms with Gasteiger partial charge in [-0.05, 0) is 43.2 Å². The maximum Gasteiger partial charge on any atom is 0.253 e. The second-order valence-electron chi connectivity index (χ2n) is 6.58. The summed E-state index contributed by atoms with van der Waals surface area (Å²) in [5, 5.41) is 1.06. The highest BCUT2D eigenvalue weighted by Crippen LogP contribution is 2.26. The fourth-order valence-electron chi connectivity index (χ4n) is 3.04. The summed E-state index contributed by atoms with van der Waals surface area (Å²) < 4.78 is 0. The van der Waals surface area contributed by atoms with Crippen molar-refractivity contribution in [2.24, 2.45) is 0 Å². The summed E-state index contributed by atoms with van der Waals surface area (Å²) in [5.74, 6) is 0.954. The summed E-state index contributed by atoms with van der Waals surface area (Å²) >= 11 is 0. The molecule has 0 aliphatic rings. The Morgan fingerprint density at radius 1 is 1.04 bits per heavy atom. The second kappa shape index (κ2) is 7.52. The fraction of sp³-hybridized carbons (Fsp3) is 0.286. The predicted molar refractivity (Wildman–Crippen MR) is 105 cm³/mol. The van der Waals surface area contributed by atoms with Crippen LogP contribution >= 0.6 is 0 Å². The van der Waals surface area contributed by atoms with E-state index in [1.807, 2.05) is 30.3 Å². The molecule has 1 aromatic heterocycles. The van der Waals surface area contributed by atoms with Gasteiger partial charge in [-0.2, -0.15) is 0 Å². The van der Waals surface area contributed by atoms with Crippen molar-refractivity contribution in [2.75, 3.05) is 25.5 Å². The lowest BCUT2D eigenvalue weighted by Gasteiger charge is -2.23. The van der Waals surface area contributed by atoms with E-state index in [-0.39, 0.29) is 5.91 Å². The summed E-state index contributed by atoms with van der Waals surface area (Å²) in [6.45, 7) is 5.75. The Morgan fingerprint density at radius 3 is 2.42 bits per heavy atom. The summed E-state index contributed by atoms with van der Waals surface area (Å²) in [4.78, 5) is 24.8. The summed E-state index contributed by atoms with van der Waals surface area (Å²) in [5.41, 5.74) is 3.98. The molecule has 0 aliphatic heterocycles. The standard InChI is InChI=1S/C21H24N4O/c1-5-25(13-16-9-11-17(12-10-16)21(26)24(3)4)20-18-8-6-7-15(2)19(18)22-14-23-20/h6-12,14H,5,13H2,1-4H3. The SMILES string of the molecule is CCN(Cc1ccc(C(=O)N(C)C)cc1)c1ncnc2c(C)cccc12. The number of hydrogen-bond donors (Lipinski definition) is 0. The van der Waals surface area contributed by atoms with Crippen LogP contribution in [0.5, 0.6) is 0 Å². The Hall–Kier alpha value is -2.95. The molecular weight excluding hydrogens is 324 g/mol. The Balaban J connectivity index is 1.89. The van der Waals surface area contributed by atoms with Crippen LogP contribution in [0.4, 0.5) is 5.82 Å². The number of benzene rings is 2. The van der Waals surface area contributed by atoms with Crippen LogP contribution in [0.15, 0.2) is 48.8 Å². The lowest BCUT2D eigenvalue weighted by atomic mass is 10.1. The monoisotopic (exact) mass is 348 g/mol. The molecule has 3 rings (SSSR count). The number of amides is 1. The van der Waals surface area contributed by atoms with Crippen LogP contribution in [-0.4, -0.2) is 41.4 Å². The number of anilines is 1. The van der Waals surface area contributed by atoms with E-state index in [1.54, 1.807) is 25.3 Å². The average Bonchev–Trinajstić information content (AvgIpc) is 2.66. The smallest absolute Gasteiger partial charge is 0.253 e. The van der Waals surface area contributed by atoms with Crippen molar-refractivity contribution >= 4 is 22.6 Å². The van der Waals surface area contributed by atoms with Gasteiger partial charge in [0.15, 0.2) is 0 Å². The summed E-state index contributed by atoms with van der Waals surface area (Å²) in [6, 6.07) is 14.0. The van der Waals surface area contributed by atoms with Gasteiger partial charge in [-0.1, -0.05) is 24.3 Å². The molecule has 5 nitrogen and oxygen atoms in total. The number of carbonyl (C=O) groups excluding carboxylic acids is 1. The second-order valence-corrected chi connectivity index (χ2v) is 6.58. The molecule has 0 radical (unpaired) electrons. The van der Waals surface area contributed by atoms with Crippen molar-refractivity contribution in [3.05, 3.63) is 65.5 Å². The van der Waals surface area contributed by atoms with Crippen LogP contribution in [0, 0.1) is 6.92 Å². The van der Waals surface area contributed by atoms with E-state index in [4.69, 9.17) is 0 Å². The summed E-state index contributed by atoms with van der Waals surface area (Å²) in [7, 11) is 3.52. The van der Waals surface area contributed by atoms with Crippen LogP contribution < -0.4 is 4.90 Å². The van der Waals surface area contributed by atoms with Gasteiger partial charge in [0, 0.05) is 38.1 Å². The highest BCUT2D eigenvalue weighted by Gasteiger charge is 2.13. The van der Waals surface area contributed by atoms with Crippen molar-refractivity contribution < 1.29 is 4.79 Å². The highest BCUT2D eigenvalue weighted by atomic mass is 16.2. The van der Waals surface area contributed by atoms with E-state index in [1.165, 1.54) is 0 Å². The Labute approximate surface area is 154 Å². The zero-order chi connectivity index (χ0) is 18.7.